The molecule has 3 N–H and O–H groups in total. The van der Waals surface area contributed by atoms with E-state index in [9.17, 15) is 14.4 Å². The summed E-state index contributed by atoms with van der Waals surface area (Å²) in [6.45, 7) is 3.67. The van der Waals surface area contributed by atoms with E-state index < -0.39 is 0 Å². The van der Waals surface area contributed by atoms with Crippen LogP contribution in [0.25, 0.3) is 0 Å². The Morgan fingerprint density at radius 1 is 1.12 bits per heavy atom. The Bertz CT molecular complexity index is 563. The average molecular weight is 353 g/mol. The van der Waals surface area contributed by atoms with Gasteiger partial charge in [0.15, 0.2) is 0 Å². The van der Waals surface area contributed by atoms with Crippen molar-refractivity contribution in [2.75, 3.05) is 41.8 Å². The SMILES string of the molecule is CCN(CC(=O)Nc1ccc(NC(C)=O)cc1)C(=O)CSCCO. The van der Waals surface area contributed by atoms with E-state index in [4.69, 9.17) is 5.11 Å². The molecule has 0 spiro atoms. The van der Waals surface area contributed by atoms with Gasteiger partial charge in [-0.25, -0.2) is 0 Å². The van der Waals surface area contributed by atoms with Crippen LogP contribution in [-0.2, 0) is 14.4 Å². The van der Waals surface area contributed by atoms with Crippen LogP contribution < -0.4 is 10.6 Å². The molecule has 0 saturated carbocycles. The van der Waals surface area contributed by atoms with Crippen LogP contribution in [0.15, 0.2) is 24.3 Å². The summed E-state index contributed by atoms with van der Waals surface area (Å²) in [4.78, 5) is 36.5. The van der Waals surface area contributed by atoms with Crippen molar-refractivity contribution in [1.29, 1.82) is 0 Å². The summed E-state index contributed by atoms with van der Waals surface area (Å²) in [5.41, 5.74) is 1.24. The number of carbonyl (C=O) groups is 3. The van der Waals surface area contributed by atoms with Crippen LogP contribution in [0.2, 0.25) is 0 Å². The molecular weight excluding hydrogens is 330 g/mol. The smallest absolute Gasteiger partial charge is 0.243 e. The van der Waals surface area contributed by atoms with Crippen LogP contribution in [0, 0.1) is 0 Å². The number of carbonyl (C=O) groups excluding carboxylic acids is 3. The van der Waals surface area contributed by atoms with Crippen molar-refractivity contribution < 1.29 is 19.5 Å². The Morgan fingerprint density at radius 2 is 1.71 bits per heavy atom. The van der Waals surface area contributed by atoms with Crippen molar-refractivity contribution in [1.82, 2.24) is 4.90 Å². The number of aliphatic hydroxyl groups excluding tert-OH is 1. The van der Waals surface area contributed by atoms with Gasteiger partial charge in [-0.1, -0.05) is 0 Å². The van der Waals surface area contributed by atoms with E-state index in [2.05, 4.69) is 10.6 Å². The normalized spacial score (nSPS) is 10.1. The van der Waals surface area contributed by atoms with Gasteiger partial charge in [0.2, 0.25) is 17.7 Å². The third kappa shape index (κ3) is 7.47. The first-order valence-electron chi connectivity index (χ1n) is 7.60. The summed E-state index contributed by atoms with van der Waals surface area (Å²) in [5.74, 6) is 0.156. The minimum atomic E-state index is -0.287. The van der Waals surface area contributed by atoms with Crippen molar-refractivity contribution in [2.24, 2.45) is 0 Å². The van der Waals surface area contributed by atoms with E-state index in [1.807, 2.05) is 6.92 Å². The summed E-state index contributed by atoms with van der Waals surface area (Å²) >= 11 is 1.34. The molecule has 0 aliphatic carbocycles. The van der Waals surface area contributed by atoms with Gasteiger partial charge >= 0.3 is 0 Å². The van der Waals surface area contributed by atoms with Crippen molar-refractivity contribution in [3.8, 4) is 0 Å². The predicted octanol–water partition coefficient (Wildman–Crippen LogP) is 1.16. The fraction of sp³-hybridized carbons (Fsp3) is 0.438. The molecule has 0 radical (unpaired) electrons. The fourth-order valence-corrected chi connectivity index (χ4v) is 2.54. The number of aliphatic hydroxyl groups is 1. The quantitative estimate of drug-likeness (QED) is 0.579. The van der Waals surface area contributed by atoms with E-state index in [1.165, 1.54) is 23.6 Å². The van der Waals surface area contributed by atoms with Crippen LogP contribution >= 0.6 is 11.8 Å². The summed E-state index contributed by atoms with van der Waals surface area (Å²) in [6.07, 6.45) is 0. The van der Waals surface area contributed by atoms with Crippen LogP contribution in [0.1, 0.15) is 13.8 Å². The maximum absolute atomic E-state index is 12.1. The number of rotatable bonds is 9. The molecule has 132 valence electrons. The number of likely N-dealkylation sites (N-methyl/N-ethyl adjacent to an activating group) is 1. The average Bonchev–Trinajstić information content (AvgIpc) is 2.54. The molecule has 0 saturated heterocycles. The predicted molar refractivity (Wildman–Crippen MR) is 96.0 cm³/mol. The number of nitrogens with one attached hydrogen (secondary N) is 2. The fourth-order valence-electron chi connectivity index (χ4n) is 1.91. The zero-order valence-electron chi connectivity index (χ0n) is 13.9. The maximum Gasteiger partial charge on any atom is 0.243 e. The molecule has 8 heteroatoms. The first kappa shape index (κ1) is 20.0. The summed E-state index contributed by atoms with van der Waals surface area (Å²) in [7, 11) is 0. The molecule has 7 nitrogen and oxygen atoms in total. The molecule has 0 aliphatic rings. The molecule has 0 heterocycles. The second kappa shape index (κ2) is 10.7. The van der Waals surface area contributed by atoms with Gasteiger partial charge in [-0.05, 0) is 31.2 Å². The number of nitrogens with zero attached hydrogens (tertiary/aromatic N) is 1. The van der Waals surface area contributed by atoms with E-state index in [0.717, 1.165) is 0 Å². The molecule has 3 amide bonds. The lowest BCUT2D eigenvalue weighted by molar-refractivity contribution is -0.132. The standard InChI is InChI=1S/C16H23N3O4S/c1-3-19(16(23)11-24-9-8-20)10-15(22)18-14-6-4-13(5-7-14)17-12(2)21/h4-7,20H,3,8-11H2,1-2H3,(H,17,21)(H,18,22). The highest BCUT2D eigenvalue weighted by Gasteiger charge is 2.15. The lowest BCUT2D eigenvalue weighted by atomic mass is 10.2. The molecule has 0 bridgehead atoms. The summed E-state index contributed by atoms with van der Waals surface area (Å²) < 4.78 is 0. The first-order chi connectivity index (χ1) is 11.5. The summed E-state index contributed by atoms with van der Waals surface area (Å²) in [6, 6.07) is 6.73. The van der Waals surface area contributed by atoms with Gasteiger partial charge in [0.25, 0.3) is 0 Å². The van der Waals surface area contributed by atoms with Gasteiger partial charge in [-0.3, -0.25) is 14.4 Å². The van der Waals surface area contributed by atoms with Crippen LogP contribution in [0.5, 0.6) is 0 Å². The van der Waals surface area contributed by atoms with Crippen LogP contribution in [0.3, 0.4) is 0 Å². The number of anilines is 2. The van der Waals surface area contributed by atoms with Gasteiger partial charge in [-0.2, -0.15) is 0 Å². The summed E-state index contributed by atoms with van der Waals surface area (Å²) in [5, 5.41) is 14.1. The highest BCUT2D eigenvalue weighted by molar-refractivity contribution is 7.99. The Morgan fingerprint density at radius 3 is 2.21 bits per heavy atom. The van der Waals surface area contributed by atoms with Gasteiger partial charge < -0.3 is 20.6 Å². The Kier molecular flexibility index (Phi) is 8.88. The first-order valence-corrected chi connectivity index (χ1v) is 8.75. The number of thioether (sulfide) groups is 1. The maximum atomic E-state index is 12.1. The number of benzene rings is 1. The number of hydrogen-bond acceptors (Lipinski definition) is 5. The van der Waals surface area contributed by atoms with Gasteiger partial charge in [0, 0.05) is 30.6 Å². The van der Waals surface area contributed by atoms with Gasteiger partial charge in [0.1, 0.15) is 0 Å². The largest absolute Gasteiger partial charge is 0.396 e. The Balaban J connectivity index is 2.51. The van der Waals surface area contributed by atoms with Crippen molar-refractivity contribution in [3.05, 3.63) is 24.3 Å². The third-order valence-corrected chi connectivity index (χ3v) is 3.94. The topological polar surface area (TPSA) is 98.7 Å². The lowest BCUT2D eigenvalue weighted by Gasteiger charge is -2.20. The van der Waals surface area contributed by atoms with Gasteiger partial charge in [-0.15, -0.1) is 11.8 Å². The minimum absolute atomic E-state index is 0.0253. The molecule has 1 aromatic carbocycles. The van der Waals surface area contributed by atoms with Gasteiger partial charge in [0.05, 0.1) is 18.9 Å². The molecule has 1 rings (SSSR count). The molecule has 0 atom stereocenters. The second-order valence-electron chi connectivity index (χ2n) is 4.99. The lowest BCUT2D eigenvalue weighted by Crippen LogP contribution is -2.38. The van der Waals surface area contributed by atoms with Crippen molar-refractivity contribution >= 4 is 40.9 Å². The molecule has 0 aromatic heterocycles. The van der Waals surface area contributed by atoms with Crippen molar-refractivity contribution in [2.45, 2.75) is 13.8 Å². The molecule has 0 unspecified atom stereocenters. The number of hydrogen-bond donors (Lipinski definition) is 3. The highest BCUT2D eigenvalue weighted by Crippen LogP contribution is 2.13. The molecule has 0 aliphatic heterocycles. The third-order valence-electron chi connectivity index (χ3n) is 3.02. The van der Waals surface area contributed by atoms with Crippen LogP contribution in [0.4, 0.5) is 11.4 Å². The Hall–Kier alpha value is -2.06. The molecule has 0 fully saturated rings. The van der Waals surface area contributed by atoms with E-state index in [1.54, 1.807) is 24.3 Å². The van der Waals surface area contributed by atoms with E-state index in [-0.39, 0.29) is 36.6 Å². The number of amides is 3. The second-order valence-corrected chi connectivity index (χ2v) is 6.10. The van der Waals surface area contributed by atoms with E-state index in [0.29, 0.717) is 23.7 Å². The minimum Gasteiger partial charge on any atom is -0.396 e. The van der Waals surface area contributed by atoms with Crippen molar-refractivity contribution in [3.63, 3.8) is 0 Å². The van der Waals surface area contributed by atoms with Crippen LogP contribution in [-0.4, -0.2) is 58.9 Å². The molecule has 24 heavy (non-hydrogen) atoms. The van der Waals surface area contributed by atoms with E-state index >= 15 is 0 Å². The zero-order valence-corrected chi connectivity index (χ0v) is 14.7. The Labute approximate surface area is 145 Å². The zero-order chi connectivity index (χ0) is 17.9. The molecular formula is C16H23N3O4S. The molecule has 1 aromatic rings. The monoisotopic (exact) mass is 353 g/mol. The highest BCUT2D eigenvalue weighted by atomic mass is 32.2.